The number of hydrogen-bond acceptors (Lipinski definition) is 5. The van der Waals surface area contributed by atoms with Gasteiger partial charge in [-0.3, -0.25) is 9.11 Å². The first-order valence-corrected chi connectivity index (χ1v) is 6.14. The van der Waals surface area contributed by atoms with Crippen LogP contribution in [0.25, 0.3) is 0 Å². The second-order valence-electron chi connectivity index (χ2n) is 3.00. The zero-order valence-electron chi connectivity index (χ0n) is 9.13. The maximum Gasteiger partial charge on any atom is 0.394 e. The first-order chi connectivity index (χ1) is 8.45. The standard InChI is InChI=1S/C10H9N3.H2O4S/c1-3-7-11-9(5-1)13-10-6-2-4-8-12-10;1-5(2,3)4/h1-8H,(H,11,12,13);(H2,1,2,3,4). The Morgan fingerprint density at radius 1 is 0.889 bits per heavy atom. The molecular weight excluding hydrogens is 258 g/mol. The minimum absolute atomic E-state index is 0.807. The summed E-state index contributed by atoms with van der Waals surface area (Å²) in [6, 6.07) is 11.4. The number of anilines is 2. The van der Waals surface area contributed by atoms with Gasteiger partial charge in [0.25, 0.3) is 0 Å². The predicted octanol–water partition coefficient (Wildman–Crippen LogP) is 1.57. The van der Waals surface area contributed by atoms with Gasteiger partial charge in [-0.2, -0.15) is 8.42 Å². The molecule has 2 aromatic rings. The van der Waals surface area contributed by atoms with Gasteiger partial charge in [0.05, 0.1) is 0 Å². The number of aromatic nitrogens is 2. The molecule has 0 radical (unpaired) electrons. The molecule has 0 saturated carbocycles. The van der Waals surface area contributed by atoms with E-state index in [2.05, 4.69) is 15.3 Å². The molecule has 0 bridgehead atoms. The highest BCUT2D eigenvalue weighted by molar-refractivity contribution is 7.79. The third kappa shape index (κ3) is 7.28. The molecule has 0 aliphatic rings. The van der Waals surface area contributed by atoms with E-state index in [9.17, 15) is 0 Å². The summed E-state index contributed by atoms with van der Waals surface area (Å²) in [6.45, 7) is 0. The van der Waals surface area contributed by atoms with Crippen molar-refractivity contribution in [3.05, 3.63) is 48.8 Å². The molecule has 0 fully saturated rings. The topological polar surface area (TPSA) is 112 Å². The molecule has 8 heteroatoms. The average Bonchev–Trinajstić information content (AvgIpc) is 2.29. The van der Waals surface area contributed by atoms with Crippen LogP contribution in [0.5, 0.6) is 0 Å². The predicted molar refractivity (Wildman–Crippen MR) is 65.9 cm³/mol. The minimum atomic E-state index is -4.67. The van der Waals surface area contributed by atoms with Crippen molar-refractivity contribution < 1.29 is 17.5 Å². The molecule has 2 aromatic heterocycles. The molecule has 0 amide bonds. The monoisotopic (exact) mass is 269 g/mol. The van der Waals surface area contributed by atoms with Crippen molar-refractivity contribution in [2.75, 3.05) is 5.32 Å². The van der Waals surface area contributed by atoms with Gasteiger partial charge in [-0.1, -0.05) is 12.1 Å². The molecule has 7 nitrogen and oxygen atoms in total. The highest BCUT2D eigenvalue weighted by Crippen LogP contribution is 2.08. The molecule has 0 saturated heterocycles. The summed E-state index contributed by atoms with van der Waals surface area (Å²) in [5, 5.41) is 3.08. The van der Waals surface area contributed by atoms with Crippen LogP contribution in [-0.2, 0) is 10.4 Å². The highest BCUT2D eigenvalue weighted by Gasteiger charge is 1.92. The summed E-state index contributed by atoms with van der Waals surface area (Å²) < 4.78 is 31.6. The van der Waals surface area contributed by atoms with Crippen LogP contribution in [0.4, 0.5) is 11.6 Å². The SMILES string of the molecule is O=S(=O)(O)O.c1ccc(Nc2ccccn2)nc1. The summed E-state index contributed by atoms with van der Waals surface area (Å²) >= 11 is 0. The van der Waals surface area contributed by atoms with E-state index in [0.717, 1.165) is 11.6 Å². The van der Waals surface area contributed by atoms with Crippen LogP contribution < -0.4 is 5.32 Å². The van der Waals surface area contributed by atoms with Crippen molar-refractivity contribution in [2.45, 2.75) is 0 Å². The quantitative estimate of drug-likeness (QED) is 0.709. The highest BCUT2D eigenvalue weighted by atomic mass is 32.3. The summed E-state index contributed by atoms with van der Waals surface area (Å²) in [5.74, 6) is 1.61. The Morgan fingerprint density at radius 3 is 1.56 bits per heavy atom. The van der Waals surface area contributed by atoms with Gasteiger partial charge in [-0.05, 0) is 24.3 Å². The zero-order valence-corrected chi connectivity index (χ0v) is 9.95. The number of nitrogens with zero attached hydrogens (tertiary/aromatic N) is 2. The van der Waals surface area contributed by atoms with E-state index in [1.165, 1.54) is 0 Å². The summed E-state index contributed by atoms with van der Waals surface area (Å²) in [7, 11) is -4.67. The van der Waals surface area contributed by atoms with E-state index >= 15 is 0 Å². The van der Waals surface area contributed by atoms with Gasteiger partial charge in [0.2, 0.25) is 0 Å². The van der Waals surface area contributed by atoms with Gasteiger partial charge in [0, 0.05) is 12.4 Å². The minimum Gasteiger partial charge on any atom is -0.325 e. The fourth-order valence-electron chi connectivity index (χ4n) is 1.00. The summed E-state index contributed by atoms with van der Waals surface area (Å²) in [4.78, 5) is 8.25. The Kier molecular flexibility index (Phi) is 5.18. The molecule has 2 rings (SSSR count). The molecular formula is C10H11N3O4S. The molecule has 3 N–H and O–H groups in total. The maximum absolute atomic E-state index is 8.74. The van der Waals surface area contributed by atoms with Crippen molar-refractivity contribution in [3.8, 4) is 0 Å². The average molecular weight is 269 g/mol. The van der Waals surface area contributed by atoms with E-state index in [0.29, 0.717) is 0 Å². The Balaban J connectivity index is 0.000000280. The Morgan fingerprint density at radius 2 is 1.28 bits per heavy atom. The lowest BCUT2D eigenvalue weighted by Crippen LogP contribution is -1.93. The molecule has 18 heavy (non-hydrogen) atoms. The van der Waals surface area contributed by atoms with E-state index in [1.54, 1.807) is 12.4 Å². The number of hydrogen-bond donors (Lipinski definition) is 3. The first kappa shape index (κ1) is 14.0. The van der Waals surface area contributed by atoms with Gasteiger partial charge in [0.1, 0.15) is 11.6 Å². The van der Waals surface area contributed by atoms with Crippen molar-refractivity contribution in [2.24, 2.45) is 0 Å². The summed E-state index contributed by atoms with van der Waals surface area (Å²) in [6.07, 6.45) is 3.48. The second-order valence-corrected chi connectivity index (χ2v) is 3.90. The maximum atomic E-state index is 8.74. The van der Waals surface area contributed by atoms with Gasteiger partial charge < -0.3 is 5.32 Å². The molecule has 96 valence electrons. The lowest BCUT2D eigenvalue weighted by Gasteiger charge is -2.02. The molecule has 0 aliphatic heterocycles. The normalized spacial score (nSPS) is 10.1. The van der Waals surface area contributed by atoms with E-state index < -0.39 is 10.4 Å². The van der Waals surface area contributed by atoms with Gasteiger partial charge in [-0.25, -0.2) is 9.97 Å². The Hall–Kier alpha value is -2.03. The molecule has 0 atom stereocenters. The molecule has 0 unspecified atom stereocenters. The van der Waals surface area contributed by atoms with Gasteiger partial charge in [-0.15, -0.1) is 0 Å². The number of pyridine rings is 2. The van der Waals surface area contributed by atoms with Crippen LogP contribution in [0.15, 0.2) is 48.8 Å². The molecule has 0 spiro atoms. The van der Waals surface area contributed by atoms with Crippen molar-refractivity contribution >= 4 is 22.0 Å². The summed E-state index contributed by atoms with van der Waals surface area (Å²) in [5.41, 5.74) is 0. The van der Waals surface area contributed by atoms with Crippen molar-refractivity contribution in [1.29, 1.82) is 0 Å². The van der Waals surface area contributed by atoms with Gasteiger partial charge >= 0.3 is 10.4 Å². The van der Waals surface area contributed by atoms with Crippen molar-refractivity contribution in [3.63, 3.8) is 0 Å². The molecule has 2 heterocycles. The lowest BCUT2D eigenvalue weighted by atomic mass is 10.4. The first-order valence-electron chi connectivity index (χ1n) is 4.74. The van der Waals surface area contributed by atoms with Gasteiger partial charge in [0.15, 0.2) is 0 Å². The number of nitrogens with one attached hydrogen (secondary N) is 1. The van der Waals surface area contributed by atoms with Crippen LogP contribution in [0.1, 0.15) is 0 Å². The molecule has 0 aliphatic carbocycles. The van der Waals surface area contributed by atoms with Crippen LogP contribution >= 0.6 is 0 Å². The Labute approximate surface area is 104 Å². The van der Waals surface area contributed by atoms with E-state index in [4.69, 9.17) is 17.5 Å². The third-order valence-corrected chi connectivity index (χ3v) is 1.59. The van der Waals surface area contributed by atoms with Crippen molar-refractivity contribution in [1.82, 2.24) is 9.97 Å². The second kappa shape index (κ2) is 6.64. The zero-order chi connectivity index (χ0) is 13.4. The van der Waals surface area contributed by atoms with Crippen LogP contribution in [-0.4, -0.2) is 27.5 Å². The van der Waals surface area contributed by atoms with Crippen LogP contribution in [0.3, 0.4) is 0 Å². The fourth-order valence-corrected chi connectivity index (χ4v) is 1.00. The fraction of sp³-hybridized carbons (Fsp3) is 0. The molecule has 0 aromatic carbocycles. The van der Waals surface area contributed by atoms with E-state index in [1.807, 2.05) is 36.4 Å². The Bertz CT molecular complexity index is 515. The largest absolute Gasteiger partial charge is 0.394 e. The van der Waals surface area contributed by atoms with Crippen LogP contribution in [0.2, 0.25) is 0 Å². The third-order valence-electron chi connectivity index (χ3n) is 1.59. The van der Waals surface area contributed by atoms with Crippen LogP contribution in [0, 0.1) is 0 Å². The number of rotatable bonds is 2. The lowest BCUT2D eigenvalue weighted by molar-refractivity contribution is 0.381. The van der Waals surface area contributed by atoms with E-state index in [-0.39, 0.29) is 0 Å². The smallest absolute Gasteiger partial charge is 0.325 e.